The number of hydrogen-bond acceptors (Lipinski definition) is 4. The maximum Gasteiger partial charge on any atom is 0.224 e. The Bertz CT molecular complexity index is 429. The fourth-order valence-electron chi connectivity index (χ4n) is 2.82. The van der Waals surface area contributed by atoms with Crippen molar-refractivity contribution in [2.24, 2.45) is 0 Å². The monoisotopic (exact) mass is 266 g/mol. The van der Waals surface area contributed by atoms with E-state index in [1.807, 2.05) is 0 Å². The second kappa shape index (κ2) is 5.41. The van der Waals surface area contributed by atoms with E-state index in [4.69, 9.17) is 11.6 Å². The van der Waals surface area contributed by atoms with Gasteiger partial charge in [0.25, 0.3) is 0 Å². The van der Waals surface area contributed by atoms with Crippen LogP contribution in [-0.4, -0.2) is 29.1 Å². The molecule has 18 heavy (non-hydrogen) atoms. The van der Waals surface area contributed by atoms with Gasteiger partial charge in [0.05, 0.1) is 5.69 Å². The number of fused-ring (bicyclic) bond motifs is 1. The SMILES string of the molecule is Clc1nc(NC2CCCC2)nc2c1CCNCC2. The zero-order valence-corrected chi connectivity index (χ0v) is 11.3. The molecule has 0 spiro atoms. The normalized spacial score (nSPS) is 20.5. The summed E-state index contributed by atoms with van der Waals surface area (Å²) in [6, 6.07) is 0.531. The molecule has 0 atom stereocenters. The fraction of sp³-hybridized carbons (Fsp3) is 0.692. The number of anilines is 1. The Morgan fingerprint density at radius 2 is 1.89 bits per heavy atom. The lowest BCUT2D eigenvalue weighted by Gasteiger charge is -2.14. The third-order valence-electron chi connectivity index (χ3n) is 3.82. The van der Waals surface area contributed by atoms with Gasteiger partial charge in [0, 0.05) is 24.6 Å². The third kappa shape index (κ3) is 2.59. The molecule has 2 aliphatic rings. The Labute approximate surface area is 113 Å². The van der Waals surface area contributed by atoms with E-state index in [-0.39, 0.29) is 0 Å². The maximum absolute atomic E-state index is 6.29. The minimum absolute atomic E-state index is 0.531. The van der Waals surface area contributed by atoms with Crippen molar-refractivity contribution < 1.29 is 0 Å². The number of hydrogen-bond donors (Lipinski definition) is 2. The number of rotatable bonds is 2. The Kier molecular flexibility index (Phi) is 3.66. The van der Waals surface area contributed by atoms with Gasteiger partial charge in [0.2, 0.25) is 5.95 Å². The van der Waals surface area contributed by atoms with Crippen molar-refractivity contribution in [3.63, 3.8) is 0 Å². The van der Waals surface area contributed by atoms with Crippen molar-refractivity contribution >= 4 is 17.5 Å². The molecule has 0 bridgehead atoms. The van der Waals surface area contributed by atoms with Gasteiger partial charge in [-0.1, -0.05) is 24.4 Å². The standard InChI is InChI=1S/C13H19ClN4/c14-12-10-5-7-15-8-6-11(10)17-13(18-12)16-9-3-1-2-4-9/h9,15H,1-8H2,(H,16,17,18). The topological polar surface area (TPSA) is 49.8 Å². The maximum atomic E-state index is 6.29. The second-order valence-electron chi connectivity index (χ2n) is 5.14. The Morgan fingerprint density at radius 1 is 1.11 bits per heavy atom. The molecule has 1 aliphatic carbocycles. The molecule has 0 radical (unpaired) electrons. The molecule has 1 aromatic rings. The lowest BCUT2D eigenvalue weighted by molar-refractivity contribution is 0.708. The van der Waals surface area contributed by atoms with E-state index in [1.54, 1.807) is 0 Å². The van der Waals surface area contributed by atoms with Crippen LogP contribution in [0.5, 0.6) is 0 Å². The van der Waals surface area contributed by atoms with Gasteiger partial charge >= 0.3 is 0 Å². The van der Waals surface area contributed by atoms with E-state index in [0.29, 0.717) is 17.1 Å². The predicted octanol–water partition coefficient (Wildman–Crippen LogP) is 2.17. The van der Waals surface area contributed by atoms with Crippen LogP contribution in [0.1, 0.15) is 36.9 Å². The average Bonchev–Trinajstić information content (AvgIpc) is 2.73. The van der Waals surface area contributed by atoms with Gasteiger partial charge in [-0.15, -0.1) is 0 Å². The average molecular weight is 267 g/mol. The fourth-order valence-corrected chi connectivity index (χ4v) is 3.10. The summed E-state index contributed by atoms with van der Waals surface area (Å²) in [7, 11) is 0. The summed E-state index contributed by atoms with van der Waals surface area (Å²) in [5, 5.41) is 7.42. The van der Waals surface area contributed by atoms with E-state index < -0.39 is 0 Å². The number of nitrogens with one attached hydrogen (secondary N) is 2. The number of nitrogens with zero attached hydrogens (tertiary/aromatic N) is 2. The van der Waals surface area contributed by atoms with Crippen molar-refractivity contribution in [3.8, 4) is 0 Å². The van der Waals surface area contributed by atoms with Crippen LogP contribution in [0.15, 0.2) is 0 Å². The van der Waals surface area contributed by atoms with Crippen LogP contribution < -0.4 is 10.6 Å². The van der Waals surface area contributed by atoms with Crippen LogP contribution in [-0.2, 0) is 12.8 Å². The van der Waals surface area contributed by atoms with Crippen LogP contribution in [0.3, 0.4) is 0 Å². The molecule has 0 aromatic carbocycles. The largest absolute Gasteiger partial charge is 0.351 e. The van der Waals surface area contributed by atoms with Crippen LogP contribution >= 0.6 is 11.6 Å². The summed E-state index contributed by atoms with van der Waals surface area (Å²) >= 11 is 6.29. The first kappa shape index (κ1) is 12.2. The van der Waals surface area contributed by atoms with E-state index in [0.717, 1.165) is 37.2 Å². The van der Waals surface area contributed by atoms with Crippen molar-refractivity contribution in [1.29, 1.82) is 0 Å². The molecule has 2 heterocycles. The minimum atomic E-state index is 0.531. The summed E-state index contributed by atoms with van der Waals surface area (Å²) in [4.78, 5) is 9.06. The molecule has 2 N–H and O–H groups in total. The predicted molar refractivity (Wildman–Crippen MR) is 73.2 cm³/mol. The molecule has 0 amide bonds. The molecule has 0 saturated heterocycles. The first-order valence-electron chi connectivity index (χ1n) is 6.85. The summed E-state index contributed by atoms with van der Waals surface area (Å²) in [5.74, 6) is 0.715. The van der Waals surface area contributed by atoms with E-state index in [9.17, 15) is 0 Å². The van der Waals surface area contributed by atoms with Crippen LogP contribution in [0.25, 0.3) is 0 Å². The molecular formula is C13H19ClN4. The van der Waals surface area contributed by atoms with Crippen LogP contribution in [0.4, 0.5) is 5.95 Å². The summed E-state index contributed by atoms with van der Waals surface area (Å²) in [5.41, 5.74) is 2.24. The smallest absolute Gasteiger partial charge is 0.224 e. The number of halogens is 1. The van der Waals surface area contributed by atoms with Gasteiger partial charge in [-0.05, 0) is 25.8 Å². The van der Waals surface area contributed by atoms with Gasteiger partial charge in [0.1, 0.15) is 5.15 Å². The van der Waals surface area contributed by atoms with Crippen molar-refractivity contribution in [2.45, 2.75) is 44.6 Å². The lowest BCUT2D eigenvalue weighted by atomic mass is 10.1. The van der Waals surface area contributed by atoms with Gasteiger partial charge in [0.15, 0.2) is 0 Å². The molecule has 1 saturated carbocycles. The molecule has 0 unspecified atom stereocenters. The highest BCUT2D eigenvalue weighted by atomic mass is 35.5. The van der Waals surface area contributed by atoms with Gasteiger partial charge in [-0.3, -0.25) is 0 Å². The third-order valence-corrected chi connectivity index (χ3v) is 4.13. The zero-order valence-electron chi connectivity index (χ0n) is 10.5. The first-order valence-corrected chi connectivity index (χ1v) is 7.23. The highest BCUT2D eigenvalue weighted by molar-refractivity contribution is 6.30. The quantitative estimate of drug-likeness (QED) is 0.806. The lowest BCUT2D eigenvalue weighted by Crippen LogP contribution is -2.18. The summed E-state index contributed by atoms with van der Waals surface area (Å²) in [6.07, 6.45) is 6.93. The van der Waals surface area contributed by atoms with Crippen molar-refractivity contribution in [3.05, 3.63) is 16.4 Å². The molecule has 1 aliphatic heterocycles. The van der Waals surface area contributed by atoms with Gasteiger partial charge < -0.3 is 10.6 Å². The number of aromatic nitrogens is 2. The van der Waals surface area contributed by atoms with Crippen LogP contribution in [0.2, 0.25) is 5.15 Å². The Morgan fingerprint density at radius 3 is 2.72 bits per heavy atom. The summed E-state index contributed by atoms with van der Waals surface area (Å²) in [6.45, 7) is 1.94. The Hall–Kier alpha value is -0.870. The molecule has 3 rings (SSSR count). The molecule has 98 valence electrons. The molecule has 1 aromatic heterocycles. The minimum Gasteiger partial charge on any atom is -0.351 e. The zero-order chi connectivity index (χ0) is 12.4. The van der Waals surface area contributed by atoms with Gasteiger partial charge in [-0.25, -0.2) is 9.97 Å². The van der Waals surface area contributed by atoms with E-state index in [2.05, 4.69) is 20.6 Å². The first-order chi connectivity index (χ1) is 8.83. The Balaban J connectivity index is 1.82. The highest BCUT2D eigenvalue weighted by Crippen LogP contribution is 2.24. The molecule has 5 heteroatoms. The van der Waals surface area contributed by atoms with Gasteiger partial charge in [-0.2, -0.15) is 0 Å². The van der Waals surface area contributed by atoms with E-state index >= 15 is 0 Å². The molecule has 1 fully saturated rings. The van der Waals surface area contributed by atoms with Crippen LogP contribution in [0, 0.1) is 0 Å². The van der Waals surface area contributed by atoms with Crippen molar-refractivity contribution in [2.75, 3.05) is 18.4 Å². The van der Waals surface area contributed by atoms with E-state index in [1.165, 1.54) is 25.7 Å². The summed E-state index contributed by atoms with van der Waals surface area (Å²) < 4.78 is 0. The molecule has 4 nitrogen and oxygen atoms in total. The molecular weight excluding hydrogens is 248 g/mol. The van der Waals surface area contributed by atoms with Crippen molar-refractivity contribution in [1.82, 2.24) is 15.3 Å². The second-order valence-corrected chi connectivity index (χ2v) is 5.50. The highest BCUT2D eigenvalue weighted by Gasteiger charge is 2.19.